The van der Waals surface area contributed by atoms with Crippen LogP contribution in [0, 0.1) is 0 Å². The van der Waals surface area contributed by atoms with Gasteiger partial charge in [0, 0.05) is 31.7 Å². The van der Waals surface area contributed by atoms with Gasteiger partial charge in [0.05, 0.1) is 24.2 Å². The van der Waals surface area contributed by atoms with Crippen molar-refractivity contribution in [3.05, 3.63) is 54.6 Å². The summed E-state index contributed by atoms with van der Waals surface area (Å²) in [6.07, 6.45) is 0. The van der Waals surface area contributed by atoms with Crippen molar-refractivity contribution in [2.24, 2.45) is 0 Å². The fourth-order valence-electron chi connectivity index (χ4n) is 3.18. The summed E-state index contributed by atoms with van der Waals surface area (Å²) in [7, 11) is 0. The zero-order valence-corrected chi connectivity index (χ0v) is 13.2. The summed E-state index contributed by atoms with van der Waals surface area (Å²) >= 11 is 0. The molecule has 3 aromatic rings. The number of imidazole rings is 1. The number of fused-ring (bicyclic) bond motifs is 1. The smallest absolute Gasteiger partial charge is 0.141 e. The van der Waals surface area contributed by atoms with Crippen LogP contribution in [0.2, 0.25) is 0 Å². The van der Waals surface area contributed by atoms with Gasteiger partial charge in [0.25, 0.3) is 0 Å². The molecule has 1 fully saturated rings. The first-order valence-corrected chi connectivity index (χ1v) is 8.22. The highest BCUT2D eigenvalue weighted by molar-refractivity contribution is 5.80. The Bertz CT molecular complexity index is 776. The van der Waals surface area contributed by atoms with Crippen LogP contribution in [-0.4, -0.2) is 47.3 Å². The highest BCUT2D eigenvalue weighted by Gasteiger charge is 2.15. The molecular formula is C19H21N3O. The number of benzene rings is 2. The first kappa shape index (κ1) is 14.4. The summed E-state index contributed by atoms with van der Waals surface area (Å²) in [4.78, 5) is 7.33. The lowest BCUT2D eigenvalue weighted by Gasteiger charge is -2.27. The first-order chi connectivity index (χ1) is 11.4. The Labute approximate surface area is 136 Å². The summed E-state index contributed by atoms with van der Waals surface area (Å²) in [5.41, 5.74) is 3.44. The molecule has 4 nitrogen and oxygen atoms in total. The quantitative estimate of drug-likeness (QED) is 0.742. The molecule has 0 unspecified atom stereocenters. The Balaban J connectivity index is 1.68. The molecule has 4 rings (SSSR count). The molecule has 1 saturated heterocycles. The summed E-state index contributed by atoms with van der Waals surface area (Å²) in [6, 6.07) is 18.8. The van der Waals surface area contributed by atoms with Gasteiger partial charge in [-0.15, -0.1) is 0 Å². The molecule has 2 aromatic carbocycles. The minimum atomic E-state index is 0.843. The van der Waals surface area contributed by atoms with Gasteiger partial charge in [0.15, 0.2) is 0 Å². The Morgan fingerprint density at radius 3 is 2.43 bits per heavy atom. The van der Waals surface area contributed by atoms with E-state index in [1.54, 1.807) is 0 Å². The van der Waals surface area contributed by atoms with Crippen molar-refractivity contribution >= 4 is 11.0 Å². The molecule has 1 aliphatic rings. The van der Waals surface area contributed by atoms with Crippen molar-refractivity contribution in [3.63, 3.8) is 0 Å². The van der Waals surface area contributed by atoms with Crippen molar-refractivity contribution in [3.8, 4) is 11.4 Å². The topological polar surface area (TPSA) is 30.3 Å². The maximum absolute atomic E-state index is 5.44. The van der Waals surface area contributed by atoms with Crippen molar-refractivity contribution in [2.75, 3.05) is 32.8 Å². The van der Waals surface area contributed by atoms with Gasteiger partial charge in [0.1, 0.15) is 5.82 Å². The van der Waals surface area contributed by atoms with Crippen LogP contribution in [0.4, 0.5) is 0 Å². The van der Waals surface area contributed by atoms with Crippen molar-refractivity contribution in [1.82, 2.24) is 14.5 Å². The first-order valence-electron chi connectivity index (χ1n) is 8.22. The number of nitrogens with zero attached hydrogens (tertiary/aromatic N) is 3. The lowest BCUT2D eigenvalue weighted by atomic mass is 10.2. The monoisotopic (exact) mass is 307 g/mol. The second kappa shape index (κ2) is 6.52. The average molecular weight is 307 g/mol. The SMILES string of the molecule is c1ccc(-c2nc3ccccc3n2CCN2CCOCC2)cc1. The number of ether oxygens (including phenoxy) is 1. The maximum atomic E-state index is 5.44. The average Bonchev–Trinajstić information content (AvgIpc) is 3.00. The highest BCUT2D eigenvalue weighted by Crippen LogP contribution is 2.24. The van der Waals surface area contributed by atoms with E-state index < -0.39 is 0 Å². The van der Waals surface area contributed by atoms with E-state index in [0.29, 0.717) is 0 Å². The predicted octanol–water partition coefficient (Wildman–Crippen LogP) is 3.04. The minimum absolute atomic E-state index is 0.843. The second-order valence-corrected chi connectivity index (χ2v) is 5.90. The molecule has 4 heteroatoms. The summed E-state index contributed by atoms with van der Waals surface area (Å²) < 4.78 is 7.79. The maximum Gasteiger partial charge on any atom is 0.141 e. The molecule has 0 radical (unpaired) electrons. The Hall–Kier alpha value is -2.17. The molecule has 1 aromatic heterocycles. The fourth-order valence-corrected chi connectivity index (χ4v) is 3.18. The van der Waals surface area contributed by atoms with E-state index in [4.69, 9.17) is 9.72 Å². The van der Waals surface area contributed by atoms with Crippen molar-refractivity contribution in [2.45, 2.75) is 6.54 Å². The fraction of sp³-hybridized carbons (Fsp3) is 0.316. The number of hydrogen-bond donors (Lipinski definition) is 0. The zero-order chi connectivity index (χ0) is 15.5. The predicted molar refractivity (Wildman–Crippen MR) is 92.4 cm³/mol. The third-order valence-corrected chi connectivity index (χ3v) is 4.43. The van der Waals surface area contributed by atoms with Gasteiger partial charge in [-0.05, 0) is 12.1 Å². The lowest BCUT2D eigenvalue weighted by molar-refractivity contribution is 0.0366. The van der Waals surface area contributed by atoms with Gasteiger partial charge in [-0.1, -0.05) is 42.5 Å². The summed E-state index contributed by atoms with van der Waals surface area (Å²) in [5, 5.41) is 0. The van der Waals surface area contributed by atoms with E-state index in [1.165, 1.54) is 11.1 Å². The normalized spacial score (nSPS) is 16.0. The number of morpholine rings is 1. The van der Waals surface area contributed by atoms with Gasteiger partial charge in [0.2, 0.25) is 0 Å². The number of para-hydroxylation sites is 2. The molecular weight excluding hydrogens is 286 g/mol. The Morgan fingerprint density at radius 1 is 0.870 bits per heavy atom. The van der Waals surface area contributed by atoms with Crippen LogP contribution in [0.25, 0.3) is 22.4 Å². The minimum Gasteiger partial charge on any atom is -0.379 e. The van der Waals surface area contributed by atoms with Crippen LogP contribution in [-0.2, 0) is 11.3 Å². The van der Waals surface area contributed by atoms with Crippen LogP contribution in [0.5, 0.6) is 0 Å². The molecule has 23 heavy (non-hydrogen) atoms. The van der Waals surface area contributed by atoms with E-state index in [0.717, 1.165) is 50.7 Å². The van der Waals surface area contributed by atoms with Crippen molar-refractivity contribution < 1.29 is 4.74 Å². The van der Waals surface area contributed by atoms with E-state index in [9.17, 15) is 0 Å². The number of rotatable bonds is 4. The third-order valence-electron chi connectivity index (χ3n) is 4.43. The standard InChI is InChI=1S/C19H21N3O/c1-2-6-16(7-3-1)19-20-17-8-4-5-9-18(17)22(19)11-10-21-12-14-23-15-13-21/h1-9H,10-15H2. The van der Waals surface area contributed by atoms with E-state index in [-0.39, 0.29) is 0 Å². The van der Waals surface area contributed by atoms with Gasteiger partial charge in [-0.3, -0.25) is 4.90 Å². The highest BCUT2D eigenvalue weighted by atomic mass is 16.5. The Morgan fingerprint density at radius 2 is 1.61 bits per heavy atom. The third kappa shape index (κ3) is 3.00. The van der Waals surface area contributed by atoms with Gasteiger partial charge in [-0.2, -0.15) is 0 Å². The lowest BCUT2D eigenvalue weighted by Crippen LogP contribution is -2.38. The molecule has 118 valence electrons. The molecule has 1 aliphatic heterocycles. The van der Waals surface area contributed by atoms with Crippen LogP contribution in [0.1, 0.15) is 0 Å². The molecule has 0 aliphatic carbocycles. The largest absolute Gasteiger partial charge is 0.379 e. The van der Waals surface area contributed by atoms with Gasteiger partial charge in [-0.25, -0.2) is 4.98 Å². The van der Waals surface area contributed by atoms with E-state index in [2.05, 4.69) is 58.0 Å². The number of hydrogen-bond acceptors (Lipinski definition) is 3. The zero-order valence-electron chi connectivity index (χ0n) is 13.2. The summed E-state index contributed by atoms with van der Waals surface area (Å²) in [6.45, 7) is 5.71. The van der Waals surface area contributed by atoms with Crippen LogP contribution < -0.4 is 0 Å². The molecule has 0 saturated carbocycles. The van der Waals surface area contributed by atoms with Gasteiger partial charge < -0.3 is 9.30 Å². The molecule has 0 N–H and O–H groups in total. The molecule has 0 spiro atoms. The molecule has 0 atom stereocenters. The van der Waals surface area contributed by atoms with E-state index >= 15 is 0 Å². The number of aromatic nitrogens is 2. The summed E-state index contributed by atoms with van der Waals surface area (Å²) in [5.74, 6) is 1.06. The van der Waals surface area contributed by atoms with Gasteiger partial charge >= 0.3 is 0 Å². The van der Waals surface area contributed by atoms with Crippen LogP contribution in [0.3, 0.4) is 0 Å². The van der Waals surface area contributed by atoms with Crippen LogP contribution in [0.15, 0.2) is 54.6 Å². The Kier molecular flexibility index (Phi) is 4.09. The molecule has 0 bridgehead atoms. The van der Waals surface area contributed by atoms with Crippen molar-refractivity contribution in [1.29, 1.82) is 0 Å². The van der Waals surface area contributed by atoms with Crippen LogP contribution >= 0.6 is 0 Å². The molecule has 2 heterocycles. The van der Waals surface area contributed by atoms with E-state index in [1.807, 2.05) is 6.07 Å². The second-order valence-electron chi connectivity index (χ2n) is 5.90. The molecule has 0 amide bonds.